The van der Waals surface area contributed by atoms with E-state index in [1.807, 2.05) is 6.07 Å². The molecular formula is C53H61ClN6O16. The van der Waals surface area contributed by atoms with Crippen LogP contribution < -0.4 is 37.5 Å². The number of phenols is 2. The molecule has 0 radical (unpaired) electrons. The molecule has 0 aromatic heterocycles. The van der Waals surface area contributed by atoms with Gasteiger partial charge in [-0.1, -0.05) is 60.1 Å². The number of Topliss-reactive ketones (excluding diaryl/α,β-unsaturated/α-hetero) is 1. The van der Waals surface area contributed by atoms with E-state index in [1.54, 1.807) is 24.3 Å². The van der Waals surface area contributed by atoms with Gasteiger partial charge in [-0.15, -0.1) is 0 Å². The Morgan fingerprint density at radius 3 is 2.28 bits per heavy atom. The average Bonchev–Trinajstić information content (AvgIpc) is 3.39. The first-order valence-electron chi connectivity index (χ1n) is 24.6. The fourth-order valence-corrected chi connectivity index (χ4v) is 9.82. The van der Waals surface area contributed by atoms with Gasteiger partial charge in [-0.25, -0.2) is 4.79 Å². The van der Waals surface area contributed by atoms with E-state index in [9.17, 15) is 59.1 Å². The highest BCUT2D eigenvalue weighted by molar-refractivity contribution is 6.34. The number of hydrogen-bond acceptors (Lipinski definition) is 18. The summed E-state index contributed by atoms with van der Waals surface area (Å²) in [4.78, 5) is 94.3. The molecule has 9 atom stereocenters. The molecule has 4 amide bonds. The molecule has 0 bridgehead atoms. The lowest BCUT2D eigenvalue weighted by atomic mass is 9.72. The second kappa shape index (κ2) is 24.3. The predicted molar refractivity (Wildman–Crippen MR) is 272 cm³/mol. The molecule has 1 heterocycles. The largest absolute Gasteiger partial charge is 0.507 e. The van der Waals surface area contributed by atoms with Gasteiger partial charge in [-0.3, -0.25) is 28.8 Å². The van der Waals surface area contributed by atoms with E-state index in [1.165, 1.54) is 57.4 Å². The molecule has 0 spiro atoms. The van der Waals surface area contributed by atoms with Crippen LogP contribution in [0.5, 0.6) is 17.2 Å². The van der Waals surface area contributed by atoms with Gasteiger partial charge < -0.3 is 77.2 Å². The van der Waals surface area contributed by atoms with Crippen LogP contribution in [-0.4, -0.2) is 135 Å². The molecule has 76 heavy (non-hydrogen) atoms. The first-order chi connectivity index (χ1) is 36.2. The Morgan fingerprint density at radius 2 is 1.61 bits per heavy atom. The number of rotatable bonds is 20. The van der Waals surface area contributed by atoms with E-state index in [-0.39, 0.29) is 64.6 Å². The summed E-state index contributed by atoms with van der Waals surface area (Å²) in [7, 11) is 1.29. The number of unbranched alkanes of at least 4 members (excludes halogenated alkanes) is 1. The summed E-state index contributed by atoms with van der Waals surface area (Å²) in [5.41, 5.74) is 8.41. The third kappa shape index (κ3) is 12.3. The van der Waals surface area contributed by atoms with Crippen molar-refractivity contribution in [2.24, 2.45) is 11.5 Å². The summed E-state index contributed by atoms with van der Waals surface area (Å²) < 4.78 is 23.0. The highest BCUT2D eigenvalue weighted by atomic mass is 35.5. The van der Waals surface area contributed by atoms with Gasteiger partial charge in [0.15, 0.2) is 17.9 Å². The minimum absolute atomic E-state index is 0.0260. The van der Waals surface area contributed by atoms with Crippen molar-refractivity contribution in [3.8, 4) is 17.2 Å². The molecule has 7 rings (SSSR count). The van der Waals surface area contributed by atoms with E-state index in [2.05, 4.69) is 21.3 Å². The second-order valence-corrected chi connectivity index (χ2v) is 19.4. The lowest BCUT2D eigenvalue weighted by molar-refractivity contribution is -0.249. The number of carbonyl (C=O) groups excluding carboxylic acids is 7. The normalized spacial score (nSPS) is 21.9. The standard InChI is InChI=1S/C53H61ClN6O16/c1-25(56)49(68)59-35(19-27-10-5-4-6-11-27)51(70)58-33(13-7-8-17-55)50(69)57-32-16-15-28(18-31(32)54)24-74-52(71)60-34-20-39(75-26(2)44(34)63)76-37-22-53(72,38(62)23-61)21-30-41(37)48(67)43-42(46(30)65)45(64)29-12-9-14-36(73-3)40(29)47(43)66/h4-6,9-12,14-16,18,25-26,33-35,37,39,44,61,63,65,67,72H,7-8,13,17,19-24,55-56H2,1-3H3,(H,57,69)(H,58,70)(H,59,68)(H,60,71)/t25-,26?,33+,34?,35+,37+,39?,44?,53+/m1/s1. The smallest absolute Gasteiger partial charge is 0.407 e. The zero-order valence-corrected chi connectivity index (χ0v) is 42.6. The minimum Gasteiger partial charge on any atom is -0.507 e. The number of aliphatic hydroxyl groups is 3. The van der Waals surface area contributed by atoms with Gasteiger partial charge in [-0.05, 0) is 69.0 Å². The van der Waals surface area contributed by atoms with Crippen LogP contribution in [0.25, 0.3) is 0 Å². The van der Waals surface area contributed by atoms with Crippen molar-refractivity contribution in [1.82, 2.24) is 16.0 Å². The molecule has 1 aliphatic heterocycles. The Hall–Kier alpha value is -7.02. The summed E-state index contributed by atoms with van der Waals surface area (Å²) in [5, 5.41) is 67.0. The van der Waals surface area contributed by atoms with Crippen LogP contribution >= 0.6 is 11.6 Å². The van der Waals surface area contributed by atoms with Crippen LogP contribution in [0.2, 0.25) is 5.02 Å². The zero-order chi connectivity index (χ0) is 55.2. The first kappa shape index (κ1) is 56.7. The number of phenolic OH excluding ortho intramolecular Hbond substituents is 2. The molecular weight excluding hydrogens is 1010 g/mol. The Morgan fingerprint density at radius 1 is 0.895 bits per heavy atom. The van der Waals surface area contributed by atoms with Crippen molar-refractivity contribution in [1.29, 1.82) is 0 Å². The molecule has 3 aliphatic rings. The van der Waals surface area contributed by atoms with Crippen LogP contribution in [-0.2, 0) is 52.8 Å². The topological polar surface area (TPSA) is 358 Å². The minimum atomic E-state index is -2.41. The molecule has 406 valence electrons. The van der Waals surface area contributed by atoms with E-state index >= 15 is 0 Å². The van der Waals surface area contributed by atoms with Crippen molar-refractivity contribution in [2.45, 2.75) is 120 Å². The van der Waals surface area contributed by atoms with Gasteiger partial charge in [0.25, 0.3) is 0 Å². The van der Waals surface area contributed by atoms with Gasteiger partial charge in [0.2, 0.25) is 23.5 Å². The predicted octanol–water partition coefficient (Wildman–Crippen LogP) is 2.25. The number of alkyl carbamates (subject to hydrolysis) is 1. The van der Waals surface area contributed by atoms with Gasteiger partial charge in [0, 0.05) is 42.4 Å². The van der Waals surface area contributed by atoms with E-state index in [0.717, 1.165) is 5.56 Å². The number of fused-ring (bicyclic) bond motifs is 3. The molecule has 4 unspecified atom stereocenters. The van der Waals surface area contributed by atoms with Crippen LogP contribution in [0.1, 0.15) is 106 Å². The SMILES string of the molecule is COc1cccc2c1C(=O)c1c(O)c3c(c(O)c1C2=O)C[C@@](O)(C(=O)CO)C[C@@H]3OC1CC(NC(=O)OCc2ccc(NC(=O)[C@H](CCCCN)NC(=O)[C@H](Cc3ccccc3)NC(=O)[C@@H](C)N)c(Cl)c2)C(O)C(C)O1. The van der Waals surface area contributed by atoms with Crippen molar-refractivity contribution in [3.05, 3.63) is 116 Å². The number of nitrogens with one attached hydrogen (secondary N) is 4. The number of anilines is 1. The number of halogens is 1. The highest BCUT2D eigenvalue weighted by Crippen LogP contribution is 2.52. The molecule has 0 saturated carbocycles. The number of hydrogen-bond donors (Lipinski definition) is 11. The van der Waals surface area contributed by atoms with E-state index in [4.69, 9.17) is 42.0 Å². The lowest BCUT2D eigenvalue weighted by Gasteiger charge is -2.42. The fraction of sp³-hybridized carbons (Fsp3) is 0.415. The van der Waals surface area contributed by atoms with Gasteiger partial charge >= 0.3 is 6.09 Å². The number of aromatic hydroxyl groups is 2. The molecule has 23 heteroatoms. The number of benzene rings is 4. The van der Waals surface area contributed by atoms with E-state index in [0.29, 0.717) is 24.9 Å². The third-order valence-corrected chi connectivity index (χ3v) is 13.9. The van der Waals surface area contributed by atoms with Gasteiger partial charge in [0.05, 0.1) is 58.8 Å². The van der Waals surface area contributed by atoms with Crippen molar-refractivity contribution in [2.75, 3.05) is 25.6 Å². The summed E-state index contributed by atoms with van der Waals surface area (Å²) in [5.74, 6) is -6.10. The third-order valence-electron chi connectivity index (χ3n) is 13.6. The Bertz CT molecular complexity index is 2890. The lowest BCUT2D eigenvalue weighted by Crippen LogP contribution is -2.56. The maximum absolute atomic E-state index is 14.1. The second-order valence-electron chi connectivity index (χ2n) is 19.0. The van der Waals surface area contributed by atoms with Crippen molar-refractivity contribution in [3.63, 3.8) is 0 Å². The number of amides is 4. The maximum atomic E-state index is 14.1. The summed E-state index contributed by atoms with van der Waals surface area (Å²) in [6.07, 6.45) is -6.53. The Kier molecular flexibility index (Phi) is 18.1. The molecule has 1 saturated heterocycles. The summed E-state index contributed by atoms with van der Waals surface area (Å²) >= 11 is 6.61. The number of ether oxygens (including phenoxy) is 4. The van der Waals surface area contributed by atoms with Gasteiger partial charge in [-0.2, -0.15) is 0 Å². The average molecular weight is 1070 g/mol. The quantitative estimate of drug-likeness (QED) is 0.0393. The number of carbonyl (C=O) groups is 7. The van der Waals surface area contributed by atoms with Crippen LogP contribution in [0.3, 0.4) is 0 Å². The van der Waals surface area contributed by atoms with E-state index < -0.39 is 138 Å². The number of aliphatic hydroxyl groups excluding tert-OH is 2. The monoisotopic (exact) mass is 1070 g/mol. The summed E-state index contributed by atoms with van der Waals surface area (Å²) in [6, 6.07) is 13.5. The Labute approximate surface area is 441 Å². The fourth-order valence-electron chi connectivity index (χ4n) is 9.57. The van der Waals surface area contributed by atoms with Crippen LogP contribution in [0, 0.1) is 0 Å². The Balaban J connectivity index is 1.02. The molecule has 4 aromatic rings. The summed E-state index contributed by atoms with van der Waals surface area (Å²) in [6.45, 7) is 1.84. The molecule has 13 N–H and O–H groups in total. The number of ketones is 3. The molecule has 4 aromatic carbocycles. The zero-order valence-electron chi connectivity index (χ0n) is 41.8. The van der Waals surface area contributed by atoms with Crippen molar-refractivity contribution >= 4 is 58.5 Å². The van der Waals surface area contributed by atoms with Crippen molar-refractivity contribution < 1.29 is 78.0 Å². The first-order valence-corrected chi connectivity index (χ1v) is 24.9. The van der Waals surface area contributed by atoms with Crippen LogP contribution in [0.4, 0.5) is 10.5 Å². The van der Waals surface area contributed by atoms with Gasteiger partial charge in [0.1, 0.15) is 54.3 Å². The molecule has 22 nitrogen and oxygen atoms in total. The molecule has 2 aliphatic carbocycles. The molecule has 1 fully saturated rings. The maximum Gasteiger partial charge on any atom is 0.407 e. The number of methoxy groups -OCH3 is 1. The highest BCUT2D eigenvalue weighted by Gasteiger charge is 2.50. The number of nitrogens with two attached hydrogens (primary N) is 2. The van der Waals surface area contributed by atoms with Crippen LogP contribution in [0.15, 0.2) is 66.7 Å².